The highest BCUT2D eigenvalue weighted by atomic mass is 79.9. The molecule has 1 unspecified atom stereocenters. The molecule has 2 heterocycles. The number of hydrogen-bond donors (Lipinski definition) is 1. The van der Waals surface area contributed by atoms with Crippen LogP contribution in [0, 0.1) is 0 Å². The summed E-state index contributed by atoms with van der Waals surface area (Å²) in [5.74, 6) is 0. The van der Waals surface area contributed by atoms with Gasteiger partial charge in [0.1, 0.15) is 0 Å². The molecule has 108 valence electrons. The van der Waals surface area contributed by atoms with Crippen molar-refractivity contribution in [2.75, 3.05) is 6.54 Å². The van der Waals surface area contributed by atoms with E-state index < -0.39 is 0 Å². The Morgan fingerprint density at radius 2 is 2.25 bits per heavy atom. The number of nitrogens with zero attached hydrogens (tertiary/aromatic N) is 3. The highest BCUT2D eigenvalue weighted by Crippen LogP contribution is 2.31. The number of aryl methyl sites for hydroxylation is 1. The second-order valence-corrected chi connectivity index (χ2v) is 5.72. The lowest BCUT2D eigenvalue weighted by Gasteiger charge is -2.20. The molecule has 1 atom stereocenters. The second kappa shape index (κ2) is 7.20. The smallest absolute Gasteiger partial charge is 0.0948 e. The maximum absolute atomic E-state index is 6.31. The first-order valence-electron chi connectivity index (χ1n) is 6.74. The number of hydrogen-bond acceptors (Lipinski definition) is 3. The Labute approximate surface area is 132 Å². The third-order valence-electron chi connectivity index (χ3n) is 3.01. The van der Waals surface area contributed by atoms with Crippen LogP contribution in [0.4, 0.5) is 0 Å². The SMILES string of the molecule is CCCn1ncc(Br)c1C(NCC)c1ncccc1Cl. The summed E-state index contributed by atoms with van der Waals surface area (Å²) in [6.07, 6.45) is 4.61. The first-order valence-corrected chi connectivity index (χ1v) is 7.91. The van der Waals surface area contributed by atoms with Gasteiger partial charge in [-0.3, -0.25) is 9.67 Å². The van der Waals surface area contributed by atoms with Gasteiger partial charge in [-0.1, -0.05) is 25.4 Å². The number of nitrogens with one attached hydrogen (secondary N) is 1. The predicted octanol–water partition coefficient (Wildman–Crippen LogP) is 3.80. The molecule has 20 heavy (non-hydrogen) atoms. The molecule has 0 saturated heterocycles. The first kappa shape index (κ1) is 15.5. The van der Waals surface area contributed by atoms with Crippen LogP contribution in [-0.2, 0) is 6.54 Å². The largest absolute Gasteiger partial charge is 0.304 e. The highest BCUT2D eigenvalue weighted by molar-refractivity contribution is 9.10. The molecule has 0 spiro atoms. The summed E-state index contributed by atoms with van der Waals surface area (Å²) in [4.78, 5) is 4.44. The summed E-state index contributed by atoms with van der Waals surface area (Å²) in [6.45, 7) is 5.89. The van der Waals surface area contributed by atoms with Crippen molar-refractivity contribution in [3.05, 3.63) is 45.4 Å². The van der Waals surface area contributed by atoms with Crippen LogP contribution in [-0.4, -0.2) is 21.3 Å². The fourth-order valence-electron chi connectivity index (χ4n) is 2.19. The van der Waals surface area contributed by atoms with Crippen LogP contribution in [0.25, 0.3) is 0 Å². The minimum Gasteiger partial charge on any atom is -0.304 e. The Morgan fingerprint density at radius 1 is 1.45 bits per heavy atom. The van der Waals surface area contributed by atoms with Crippen molar-refractivity contribution >= 4 is 27.5 Å². The Balaban J connectivity index is 2.49. The maximum Gasteiger partial charge on any atom is 0.0948 e. The van der Waals surface area contributed by atoms with E-state index in [1.54, 1.807) is 6.20 Å². The minimum atomic E-state index is -0.0721. The van der Waals surface area contributed by atoms with Gasteiger partial charge in [0.25, 0.3) is 0 Å². The number of pyridine rings is 1. The van der Waals surface area contributed by atoms with Gasteiger partial charge in [-0.05, 0) is 41.0 Å². The molecule has 0 saturated carbocycles. The van der Waals surface area contributed by atoms with Crippen LogP contribution in [0.2, 0.25) is 5.02 Å². The van der Waals surface area contributed by atoms with Gasteiger partial charge in [-0.15, -0.1) is 0 Å². The third-order valence-corrected chi connectivity index (χ3v) is 3.94. The fraction of sp³-hybridized carbons (Fsp3) is 0.429. The molecule has 4 nitrogen and oxygen atoms in total. The molecule has 0 aliphatic rings. The Kier molecular flexibility index (Phi) is 5.57. The fourth-order valence-corrected chi connectivity index (χ4v) is 2.94. The molecular weight excluding hydrogens is 340 g/mol. The van der Waals surface area contributed by atoms with Gasteiger partial charge in [0, 0.05) is 12.7 Å². The average Bonchev–Trinajstić information content (AvgIpc) is 2.79. The monoisotopic (exact) mass is 356 g/mol. The van der Waals surface area contributed by atoms with E-state index in [1.165, 1.54) is 0 Å². The van der Waals surface area contributed by atoms with E-state index in [0.29, 0.717) is 5.02 Å². The zero-order valence-corrected chi connectivity index (χ0v) is 13.9. The van der Waals surface area contributed by atoms with Crippen molar-refractivity contribution in [2.24, 2.45) is 0 Å². The van der Waals surface area contributed by atoms with Crippen LogP contribution >= 0.6 is 27.5 Å². The summed E-state index contributed by atoms with van der Waals surface area (Å²) in [6, 6.07) is 3.63. The van der Waals surface area contributed by atoms with Crippen molar-refractivity contribution in [1.29, 1.82) is 0 Å². The van der Waals surface area contributed by atoms with Gasteiger partial charge in [-0.2, -0.15) is 5.10 Å². The van der Waals surface area contributed by atoms with Gasteiger partial charge in [-0.25, -0.2) is 0 Å². The third kappa shape index (κ3) is 3.22. The average molecular weight is 358 g/mol. The lowest BCUT2D eigenvalue weighted by atomic mass is 10.1. The van der Waals surface area contributed by atoms with Gasteiger partial charge >= 0.3 is 0 Å². The summed E-state index contributed by atoms with van der Waals surface area (Å²) >= 11 is 9.89. The molecule has 0 aliphatic carbocycles. The van der Waals surface area contributed by atoms with Crippen molar-refractivity contribution in [2.45, 2.75) is 32.9 Å². The summed E-state index contributed by atoms with van der Waals surface area (Å²) < 4.78 is 2.97. The topological polar surface area (TPSA) is 42.7 Å². The van der Waals surface area contributed by atoms with Gasteiger partial charge in [0.05, 0.1) is 33.1 Å². The predicted molar refractivity (Wildman–Crippen MR) is 85.0 cm³/mol. The second-order valence-electron chi connectivity index (χ2n) is 4.46. The molecular formula is C14H18BrClN4. The molecule has 2 aromatic heterocycles. The molecule has 0 fully saturated rings. The number of halogens is 2. The standard InChI is InChI=1S/C14H18BrClN4/c1-3-8-20-14(10(15)9-19-20)13(17-4-2)12-11(16)6-5-7-18-12/h5-7,9,13,17H,3-4,8H2,1-2H3. The van der Waals surface area contributed by atoms with Crippen LogP contribution in [0.5, 0.6) is 0 Å². The van der Waals surface area contributed by atoms with E-state index in [4.69, 9.17) is 11.6 Å². The van der Waals surface area contributed by atoms with Crippen LogP contribution < -0.4 is 5.32 Å². The Bertz CT molecular complexity index is 570. The van der Waals surface area contributed by atoms with E-state index in [2.05, 4.69) is 45.2 Å². The molecule has 0 aromatic carbocycles. The first-order chi connectivity index (χ1) is 9.69. The highest BCUT2D eigenvalue weighted by Gasteiger charge is 2.24. The van der Waals surface area contributed by atoms with E-state index in [0.717, 1.165) is 35.4 Å². The zero-order valence-electron chi connectivity index (χ0n) is 11.6. The molecule has 0 amide bonds. The summed E-state index contributed by atoms with van der Waals surface area (Å²) in [7, 11) is 0. The van der Waals surface area contributed by atoms with Crippen molar-refractivity contribution in [3.63, 3.8) is 0 Å². The van der Waals surface area contributed by atoms with Crippen LogP contribution in [0.15, 0.2) is 29.0 Å². The van der Waals surface area contributed by atoms with Crippen LogP contribution in [0.3, 0.4) is 0 Å². The van der Waals surface area contributed by atoms with Crippen LogP contribution in [0.1, 0.15) is 37.7 Å². The lowest BCUT2D eigenvalue weighted by molar-refractivity contribution is 0.513. The maximum atomic E-state index is 6.31. The van der Waals surface area contributed by atoms with Crippen molar-refractivity contribution < 1.29 is 0 Å². The molecule has 0 aliphatic heterocycles. The number of rotatable bonds is 6. The summed E-state index contributed by atoms with van der Waals surface area (Å²) in [5, 5.41) is 8.53. The van der Waals surface area contributed by atoms with E-state index >= 15 is 0 Å². The molecule has 0 radical (unpaired) electrons. The quantitative estimate of drug-likeness (QED) is 0.855. The molecule has 1 N–H and O–H groups in total. The van der Waals surface area contributed by atoms with Crippen molar-refractivity contribution in [3.8, 4) is 0 Å². The number of aromatic nitrogens is 3. The normalized spacial score (nSPS) is 12.6. The van der Waals surface area contributed by atoms with Gasteiger partial charge < -0.3 is 5.32 Å². The minimum absolute atomic E-state index is 0.0721. The van der Waals surface area contributed by atoms with E-state index in [1.807, 2.05) is 23.0 Å². The Morgan fingerprint density at radius 3 is 2.90 bits per heavy atom. The van der Waals surface area contributed by atoms with E-state index in [9.17, 15) is 0 Å². The summed E-state index contributed by atoms with van der Waals surface area (Å²) in [5.41, 5.74) is 1.89. The zero-order chi connectivity index (χ0) is 14.5. The molecule has 2 rings (SSSR count). The van der Waals surface area contributed by atoms with E-state index in [-0.39, 0.29) is 6.04 Å². The van der Waals surface area contributed by atoms with Gasteiger partial charge in [0.2, 0.25) is 0 Å². The molecule has 2 aromatic rings. The molecule has 0 bridgehead atoms. The molecule has 6 heteroatoms. The van der Waals surface area contributed by atoms with Gasteiger partial charge in [0.15, 0.2) is 0 Å². The lowest BCUT2D eigenvalue weighted by Crippen LogP contribution is -2.26. The Hall–Kier alpha value is -0.910. The van der Waals surface area contributed by atoms with Crippen molar-refractivity contribution in [1.82, 2.24) is 20.1 Å².